The fourth-order valence-corrected chi connectivity index (χ4v) is 3.08. The van der Waals surface area contributed by atoms with Crippen LogP contribution in [0.4, 0.5) is 4.39 Å². The molecule has 1 atom stereocenters. The van der Waals surface area contributed by atoms with E-state index >= 15 is 0 Å². The molecular formula is C17H23FN2O2. The molecule has 0 radical (unpaired) electrons. The Morgan fingerprint density at radius 2 is 2.14 bits per heavy atom. The van der Waals surface area contributed by atoms with Crippen LogP contribution in [0.1, 0.15) is 24.8 Å². The number of halogens is 1. The third-order valence-electron chi connectivity index (χ3n) is 4.63. The second-order valence-electron chi connectivity index (χ2n) is 6.49. The van der Waals surface area contributed by atoms with Gasteiger partial charge >= 0.3 is 0 Å². The van der Waals surface area contributed by atoms with Gasteiger partial charge in [-0.3, -0.25) is 4.79 Å². The smallest absolute Gasteiger partial charge is 0.254 e. The third-order valence-corrected chi connectivity index (χ3v) is 4.63. The van der Waals surface area contributed by atoms with Crippen LogP contribution < -0.4 is 5.32 Å². The van der Waals surface area contributed by atoms with Gasteiger partial charge in [0.2, 0.25) is 0 Å². The zero-order chi connectivity index (χ0) is 15.6. The van der Waals surface area contributed by atoms with Crippen LogP contribution >= 0.6 is 0 Å². The number of nitrogens with zero attached hydrogens (tertiary/aromatic N) is 1. The molecule has 1 amide bonds. The summed E-state index contributed by atoms with van der Waals surface area (Å²) in [6.07, 6.45) is 3.75. The van der Waals surface area contributed by atoms with Crippen molar-refractivity contribution in [1.29, 1.82) is 0 Å². The van der Waals surface area contributed by atoms with Crippen molar-refractivity contribution in [2.75, 3.05) is 26.7 Å². The molecule has 4 nitrogen and oxygen atoms in total. The Labute approximate surface area is 130 Å². The predicted octanol–water partition coefficient (Wildman–Crippen LogP) is 1.74. The van der Waals surface area contributed by atoms with E-state index in [1.54, 1.807) is 12.1 Å². The maximum Gasteiger partial charge on any atom is 0.254 e. The van der Waals surface area contributed by atoms with Gasteiger partial charge in [0.15, 0.2) is 5.60 Å². The van der Waals surface area contributed by atoms with Crippen molar-refractivity contribution in [1.82, 2.24) is 10.2 Å². The van der Waals surface area contributed by atoms with E-state index in [1.165, 1.54) is 18.6 Å². The zero-order valence-corrected chi connectivity index (χ0v) is 13.0. The molecule has 1 N–H and O–H groups in total. The van der Waals surface area contributed by atoms with Crippen molar-refractivity contribution in [3.05, 3.63) is 35.6 Å². The number of amides is 1. The second-order valence-corrected chi connectivity index (χ2v) is 6.49. The van der Waals surface area contributed by atoms with E-state index in [9.17, 15) is 9.18 Å². The first-order valence-electron chi connectivity index (χ1n) is 7.95. The number of nitrogens with one attached hydrogen (secondary N) is 1. The molecule has 2 aliphatic rings. The van der Waals surface area contributed by atoms with Gasteiger partial charge < -0.3 is 15.0 Å². The van der Waals surface area contributed by atoms with E-state index in [4.69, 9.17) is 4.74 Å². The first kappa shape index (κ1) is 15.4. The van der Waals surface area contributed by atoms with Crippen molar-refractivity contribution in [3.8, 4) is 0 Å². The van der Waals surface area contributed by atoms with Gasteiger partial charge in [-0.25, -0.2) is 4.39 Å². The van der Waals surface area contributed by atoms with E-state index in [2.05, 4.69) is 10.2 Å². The molecule has 22 heavy (non-hydrogen) atoms. The SMILES string of the molecule is CN1CCO[C@@](Cc2ccc(F)cc2)(C(=O)NC2CCC2)C1. The Morgan fingerprint density at radius 1 is 1.41 bits per heavy atom. The molecule has 3 rings (SSSR count). The summed E-state index contributed by atoms with van der Waals surface area (Å²) in [6.45, 7) is 1.92. The summed E-state index contributed by atoms with van der Waals surface area (Å²) in [6, 6.07) is 6.60. The average Bonchev–Trinajstić information content (AvgIpc) is 2.45. The number of hydrogen-bond donors (Lipinski definition) is 1. The summed E-state index contributed by atoms with van der Waals surface area (Å²) in [7, 11) is 2.00. The van der Waals surface area contributed by atoms with Crippen LogP contribution in [0.3, 0.4) is 0 Å². The van der Waals surface area contributed by atoms with Gasteiger partial charge in [0.1, 0.15) is 5.82 Å². The molecule has 0 aromatic heterocycles. The fourth-order valence-electron chi connectivity index (χ4n) is 3.08. The molecule has 1 aromatic carbocycles. The molecule has 1 aliphatic heterocycles. The topological polar surface area (TPSA) is 41.6 Å². The highest BCUT2D eigenvalue weighted by Gasteiger charge is 2.44. The Kier molecular flexibility index (Phi) is 4.45. The van der Waals surface area contributed by atoms with E-state index in [-0.39, 0.29) is 17.8 Å². The quantitative estimate of drug-likeness (QED) is 0.921. The number of morpholine rings is 1. The normalized spacial score (nSPS) is 26.5. The summed E-state index contributed by atoms with van der Waals surface area (Å²) < 4.78 is 19.0. The van der Waals surface area contributed by atoms with Crippen molar-refractivity contribution < 1.29 is 13.9 Å². The number of carbonyl (C=O) groups is 1. The van der Waals surface area contributed by atoms with Gasteiger partial charge in [0.05, 0.1) is 6.61 Å². The molecule has 0 unspecified atom stereocenters. The lowest BCUT2D eigenvalue weighted by Gasteiger charge is -2.42. The van der Waals surface area contributed by atoms with E-state index in [0.29, 0.717) is 19.6 Å². The summed E-state index contributed by atoms with van der Waals surface area (Å²) >= 11 is 0. The van der Waals surface area contributed by atoms with Gasteiger partial charge in [-0.2, -0.15) is 0 Å². The summed E-state index contributed by atoms with van der Waals surface area (Å²) in [5.74, 6) is -0.300. The van der Waals surface area contributed by atoms with Crippen LogP contribution in [0.25, 0.3) is 0 Å². The number of benzene rings is 1. The third kappa shape index (κ3) is 3.31. The predicted molar refractivity (Wildman–Crippen MR) is 82.1 cm³/mol. The molecule has 120 valence electrons. The first-order chi connectivity index (χ1) is 10.6. The summed E-state index contributed by atoms with van der Waals surface area (Å²) in [4.78, 5) is 14.9. The average molecular weight is 306 g/mol. The van der Waals surface area contributed by atoms with Gasteiger partial charge in [-0.15, -0.1) is 0 Å². The lowest BCUT2D eigenvalue weighted by Crippen LogP contribution is -2.62. The maximum absolute atomic E-state index is 13.1. The number of hydrogen-bond acceptors (Lipinski definition) is 3. The maximum atomic E-state index is 13.1. The van der Waals surface area contributed by atoms with Crippen LogP contribution in [0.2, 0.25) is 0 Å². The van der Waals surface area contributed by atoms with Gasteiger partial charge in [0.25, 0.3) is 5.91 Å². The first-order valence-corrected chi connectivity index (χ1v) is 7.95. The molecule has 0 bridgehead atoms. The van der Waals surface area contributed by atoms with Crippen LogP contribution in [-0.4, -0.2) is 49.2 Å². The minimum absolute atomic E-state index is 0.0342. The lowest BCUT2D eigenvalue weighted by atomic mass is 9.88. The highest BCUT2D eigenvalue weighted by atomic mass is 19.1. The molecule has 2 fully saturated rings. The lowest BCUT2D eigenvalue weighted by molar-refractivity contribution is -0.160. The van der Waals surface area contributed by atoms with Crippen LogP contribution in [0.5, 0.6) is 0 Å². The largest absolute Gasteiger partial charge is 0.362 e. The van der Waals surface area contributed by atoms with Crippen LogP contribution in [-0.2, 0) is 16.0 Å². The van der Waals surface area contributed by atoms with Gasteiger partial charge in [-0.1, -0.05) is 12.1 Å². The summed E-state index contributed by atoms with van der Waals surface area (Å²) in [5.41, 5.74) is 0.0425. The Hall–Kier alpha value is -1.46. The minimum Gasteiger partial charge on any atom is -0.362 e. The molecule has 1 aromatic rings. The second kappa shape index (κ2) is 6.34. The fraction of sp³-hybridized carbons (Fsp3) is 0.588. The number of rotatable bonds is 4. The molecule has 1 aliphatic carbocycles. The van der Waals surface area contributed by atoms with Gasteiger partial charge in [-0.05, 0) is 44.0 Å². The standard InChI is InChI=1S/C17H23FN2O2/c1-20-9-10-22-17(12-20,16(21)19-15-3-2-4-15)11-13-5-7-14(18)8-6-13/h5-8,15H,2-4,9-12H2,1H3,(H,19,21)/t17-/m1/s1. The Balaban J connectivity index is 1.78. The molecule has 1 saturated heterocycles. The number of ether oxygens (including phenoxy) is 1. The molecule has 5 heteroatoms. The van der Waals surface area contributed by atoms with Crippen molar-refractivity contribution in [3.63, 3.8) is 0 Å². The number of likely N-dealkylation sites (N-methyl/N-ethyl adjacent to an activating group) is 1. The number of carbonyl (C=O) groups excluding carboxylic acids is 1. The molecular weight excluding hydrogens is 283 g/mol. The van der Waals surface area contributed by atoms with Crippen molar-refractivity contribution in [2.24, 2.45) is 0 Å². The van der Waals surface area contributed by atoms with Crippen molar-refractivity contribution in [2.45, 2.75) is 37.3 Å². The monoisotopic (exact) mass is 306 g/mol. The van der Waals surface area contributed by atoms with E-state index in [0.717, 1.165) is 24.9 Å². The Morgan fingerprint density at radius 3 is 2.73 bits per heavy atom. The zero-order valence-electron chi connectivity index (χ0n) is 13.0. The minimum atomic E-state index is -0.875. The van der Waals surface area contributed by atoms with E-state index < -0.39 is 5.60 Å². The van der Waals surface area contributed by atoms with Crippen LogP contribution in [0.15, 0.2) is 24.3 Å². The van der Waals surface area contributed by atoms with Crippen LogP contribution in [0, 0.1) is 5.82 Å². The van der Waals surface area contributed by atoms with E-state index in [1.807, 2.05) is 7.05 Å². The molecule has 0 spiro atoms. The Bertz CT molecular complexity index is 530. The molecule has 1 saturated carbocycles. The van der Waals surface area contributed by atoms with Gasteiger partial charge in [0, 0.05) is 25.6 Å². The summed E-state index contributed by atoms with van der Waals surface area (Å²) in [5, 5.41) is 3.11. The highest BCUT2D eigenvalue weighted by molar-refractivity contribution is 5.86. The molecule has 1 heterocycles. The van der Waals surface area contributed by atoms with Crippen molar-refractivity contribution >= 4 is 5.91 Å². The highest BCUT2D eigenvalue weighted by Crippen LogP contribution is 2.26.